The molecule has 21 heavy (non-hydrogen) atoms. The van der Waals surface area contributed by atoms with E-state index in [4.69, 9.17) is 4.74 Å². The average molecular weight is 369 g/mol. The SMILES string of the molecule is COc1ccc(Br)c(NCC(=O)NCCc2cccs2)c1. The highest BCUT2D eigenvalue weighted by Gasteiger charge is 2.05. The van der Waals surface area contributed by atoms with Crippen LogP contribution in [0.5, 0.6) is 5.75 Å². The summed E-state index contributed by atoms with van der Waals surface area (Å²) >= 11 is 5.14. The molecular formula is C15H17BrN2O2S. The summed E-state index contributed by atoms with van der Waals surface area (Å²) in [4.78, 5) is 13.1. The van der Waals surface area contributed by atoms with Crippen LogP contribution in [0.3, 0.4) is 0 Å². The molecule has 2 aromatic rings. The van der Waals surface area contributed by atoms with Crippen LogP contribution in [-0.4, -0.2) is 26.1 Å². The maximum absolute atomic E-state index is 11.8. The Kier molecular flexibility index (Phi) is 6.07. The Bertz CT molecular complexity index is 587. The smallest absolute Gasteiger partial charge is 0.239 e. The molecule has 1 amide bonds. The van der Waals surface area contributed by atoms with E-state index in [0.29, 0.717) is 6.54 Å². The van der Waals surface area contributed by atoms with Crippen molar-refractivity contribution in [2.75, 3.05) is 25.5 Å². The van der Waals surface area contributed by atoms with Gasteiger partial charge < -0.3 is 15.4 Å². The number of halogens is 1. The van der Waals surface area contributed by atoms with Crippen LogP contribution in [0.25, 0.3) is 0 Å². The first kappa shape index (κ1) is 15.9. The first-order valence-corrected chi connectivity index (χ1v) is 8.23. The van der Waals surface area contributed by atoms with Crippen molar-refractivity contribution in [1.82, 2.24) is 5.32 Å². The van der Waals surface area contributed by atoms with Crippen LogP contribution in [0.4, 0.5) is 5.69 Å². The molecule has 0 saturated carbocycles. The number of ether oxygens (including phenoxy) is 1. The molecular weight excluding hydrogens is 352 g/mol. The summed E-state index contributed by atoms with van der Waals surface area (Å²) in [5.41, 5.74) is 0.836. The van der Waals surface area contributed by atoms with Crippen LogP contribution in [0.15, 0.2) is 40.2 Å². The topological polar surface area (TPSA) is 50.4 Å². The maximum Gasteiger partial charge on any atom is 0.239 e. The Morgan fingerprint density at radius 3 is 2.95 bits per heavy atom. The highest BCUT2D eigenvalue weighted by Crippen LogP contribution is 2.26. The first-order valence-electron chi connectivity index (χ1n) is 6.55. The number of carbonyl (C=O) groups is 1. The van der Waals surface area contributed by atoms with Crippen molar-refractivity contribution >= 4 is 38.9 Å². The number of rotatable bonds is 7. The molecule has 1 aromatic heterocycles. The van der Waals surface area contributed by atoms with Gasteiger partial charge in [-0.3, -0.25) is 4.79 Å². The van der Waals surface area contributed by atoms with Crippen molar-refractivity contribution in [1.29, 1.82) is 0 Å². The van der Waals surface area contributed by atoms with E-state index in [9.17, 15) is 4.79 Å². The minimum Gasteiger partial charge on any atom is -0.497 e. The van der Waals surface area contributed by atoms with Gasteiger partial charge in [0.2, 0.25) is 5.91 Å². The zero-order valence-corrected chi connectivity index (χ0v) is 14.1. The predicted octanol–water partition coefficient (Wildman–Crippen LogP) is 3.29. The van der Waals surface area contributed by atoms with Gasteiger partial charge >= 0.3 is 0 Å². The molecule has 0 spiro atoms. The molecule has 0 fully saturated rings. The van der Waals surface area contributed by atoms with Crippen molar-refractivity contribution in [3.8, 4) is 5.75 Å². The minimum atomic E-state index is -0.0266. The van der Waals surface area contributed by atoms with Crippen LogP contribution in [0.1, 0.15) is 4.88 Å². The second-order valence-corrected chi connectivity index (χ2v) is 6.27. The third-order valence-electron chi connectivity index (χ3n) is 2.89. The summed E-state index contributed by atoms with van der Waals surface area (Å²) in [6, 6.07) is 9.68. The van der Waals surface area contributed by atoms with Crippen molar-refractivity contribution in [2.24, 2.45) is 0 Å². The van der Waals surface area contributed by atoms with E-state index in [1.54, 1.807) is 18.4 Å². The second-order valence-electron chi connectivity index (χ2n) is 4.38. The molecule has 6 heteroatoms. The lowest BCUT2D eigenvalue weighted by atomic mass is 10.3. The number of carbonyl (C=O) groups excluding carboxylic acids is 1. The fourth-order valence-corrected chi connectivity index (χ4v) is 2.88. The van der Waals surface area contributed by atoms with E-state index < -0.39 is 0 Å². The van der Waals surface area contributed by atoms with Crippen molar-refractivity contribution < 1.29 is 9.53 Å². The van der Waals surface area contributed by atoms with E-state index in [1.807, 2.05) is 29.6 Å². The van der Waals surface area contributed by atoms with Gasteiger partial charge in [0.05, 0.1) is 19.3 Å². The van der Waals surface area contributed by atoms with Gasteiger partial charge in [-0.15, -0.1) is 11.3 Å². The van der Waals surface area contributed by atoms with Gasteiger partial charge in [-0.05, 0) is 45.9 Å². The lowest BCUT2D eigenvalue weighted by Crippen LogP contribution is -2.31. The third-order valence-corrected chi connectivity index (χ3v) is 4.51. The van der Waals surface area contributed by atoms with Gasteiger partial charge in [-0.25, -0.2) is 0 Å². The van der Waals surface area contributed by atoms with E-state index in [1.165, 1.54) is 4.88 Å². The summed E-state index contributed by atoms with van der Waals surface area (Å²) in [6.07, 6.45) is 0.867. The Hall–Kier alpha value is -1.53. The number of benzene rings is 1. The molecule has 0 saturated heterocycles. The molecule has 2 rings (SSSR count). The molecule has 112 valence electrons. The van der Waals surface area contributed by atoms with Crippen LogP contribution in [0, 0.1) is 0 Å². The minimum absolute atomic E-state index is 0.0266. The number of thiophene rings is 1. The van der Waals surface area contributed by atoms with Gasteiger partial charge in [0.25, 0.3) is 0 Å². The highest BCUT2D eigenvalue weighted by atomic mass is 79.9. The molecule has 0 aliphatic heterocycles. The van der Waals surface area contributed by atoms with E-state index >= 15 is 0 Å². The van der Waals surface area contributed by atoms with Crippen LogP contribution in [-0.2, 0) is 11.2 Å². The van der Waals surface area contributed by atoms with Crippen molar-refractivity contribution in [3.63, 3.8) is 0 Å². The molecule has 1 heterocycles. The molecule has 0 atom stereocenters. The normalized spacial score (nSPS) is 10.2. The Morgan fingerprint density at radius 2 is 2.24 bits per heavy atom. The lowest BCUT2D eigenvalue weighted by Gasteiger charge is -2.10. The van der Waals surface area contributed by atoms with Crippen LogP contribution in [0.2, 0.25) is 0 Å². The fourth-order valence-electron chi connectivity index (χ4n) is 1.78. The third kappa shape index (κ3) is 5.06. The van der Waals surface area contributed by atoms with Crippen LogP contribution >= 0.6 is 27.3 Å². The van der Waals surface area contributed by atoms with E-state index in [2.05, 4.69) is 32.6 Å². The fraction of sp³-hybridized carbons (Fsp3) is 0.267. The van der Waals surface area contributed by atoms with Crippen LogP contribution < -0.4 is 15.4 Å². The number of hydrogen-bond donors (Lipinski definition) is 2. The van der Waals surface area contributed by atoms with E-state index in [0.717, 1.165) is 22.3 Å². The zero-order valence-electron chi connectivity index (χ0n) is 11.7. The predicted molar refractivity (Wildman–Crippen MR) is 90.2 cm³/mol. The largest absolute Gasteiger partial charge is 0.497 e. The summed E-state index contributed by atoms with van der Waals surface area (Å²) < 4.78 is 6.06. The number of hydrogen-bond acceptors (Lipinski definition) is 4. The second kappa shape index (κ2) is 8.05. The number of anilines is 1. The molecule has 0 unspecified atom stereocenters. The molecule has 0 radical (unpaired) electrons. The molecule has 1 aromatic carbocycles. The number of methoxy groups -OCH3 is 1. The van der Waals surface area contributed by atoms with Gasteiger partial charge in [-0.1, -0.05) is 6.07 Å². The number of amides is 1. The summed E-state index contributed by atoms with van der Waals surface area (Å²) in [7, 11) is 1.62. The van der Waals surface area contributed by atoms with Gasteiger partial charge in [0.15, 0.2) is 0 Å². The van der Waals surface area contributed by atoms with Gasteiger partial charge in [-0.2, -0.15) is 0 Å². The summed E-state index contributed by atoms with van der Waals surface area (Å²) in [6.45, 7) is 0.885. The lowest BCUT2D eigenvalue weighted by molar-refractivity contribution is -0.119. The first-order chi connectivity index (χ1) is 10.2. The zero-order chi connectivity index (χ0) is 15.1. The quantitative estimate of drug-likeness (QED) is 0.788. The summed E-state index contributed by atoms with van der Waals surface area (Å²) in [5.74, 6) is 0.722. The van der Waals surface area contributed by atoms with Crippen molar-refractivity contribution in [3.05, 3.63) is 45.1 Å². The average Bonchev–Trinajstić information content (AvgIpc) is 3.00. The number of nitrogens with one attached hydrogen (secondary N) is 2. The van der Waals surface area contributed by atoms with Gasteiger partial charge in [0, 0.05) is 22.0 Å². The summed E-state index contributed by atoms with van der Waals surface area (Å²) in [5, 5.41) is 8.03. The molecule has 2 N–H and O–H groups in total. The standard InChI is InChI=1S/C15H17BrN2O2S/c1-20-11-4-5-13(16)14(9-11)18-10-15(19)17-7-6-12-3-2-8-21-12/h2-5,8-9,18H,6-7,10H2,1H3,(H,17,19). The Morgan fingerprint density at radius 1 is 1.38 bits per heavy atom. The molecule has 0 aliphatic carbocycles. The Labute approximate surface area is 136 Å². The monoisotopic (exact) mass is 368 g/mol. The van der Waals surface area contributed by atoms with Gasteiger partial charge in [0.1, 0.15) is 5.75 Å². The maximum atomic E-state index is 11.8. The molecule has 4 nitrogen and oxygen atoms in total. The van der Waals surface area contributed by atoms with E-state index in [-0.39, 0.29) is 12.5 Å². The highest BCUT2D eigenvalue weighted by molar-refractivity contribution is 9.10. The molecule has 0 bridgehead atoms. The van der Waals surface area contributed by atoms with Crippen molar-refractivity contribution in [2.45, 2.75) is 6.42 Å². The molecule has 0 aliphatic rings. The Balaban J connectivity index is 1.75.